The lowest BCUT2D eigenvalue weighted by molar-refractivity contribution is -0.150. The van der Waals surface area contributed by atoms with Crippen molar-refractivity contribution in [2.24, 2.45) is 0 Å². The summed E-state index contributed by atoms with van der Waals surface area (Å²) in [6.45, 7) is 5.48. The van der Waals surface area contributed by atoms with Gasteiger partial charge in [0.15, 0.2) is 19.0 Å². The van der Waals surface area contributed by atoms with Crippen molar-refractivity contribution in [3.05, 3.63) is 66.0 Å². The average molecular weight is 560 g/mol. The van der Waals surface area contributed by atoms with Crippen LogP contribution >= 0.6 is 7.60 Å². The van der Waals surface area contributed by atoms with E-state index in [0.717, 1.165) is 16.7 Å². The second-order valence-electron chi connectivity index (χ2n) is 9.19. The van der Waals surface area contributed by atoms with Crippen molar-refractivity contribution in [2.45, 2.75) is 52.4 Å². The summed E-state index contributed by atoms with van der Waals surface area (Å²) in [4.78, 5) is 24.0. The van der Waals surface area contributed by atoms with Gasteiger partial charge in [-0.2, -0.15) is 5.21 Å². The number of nitrogens with one attached hydrogen (secondary N) is 2. The van der Waals surface area contributed by atoms with Gasteiger partial charge >= 0.3 is 19.5 Å². The molecule has 1 atom stereocenters. The molecule has 1 heterocycles. The topological polar surface area (TPSA) is 155 Å². The maximum atomic E-state index is 13.5. The lowest BCUT2D eigenvalue weighted by atomic mass is 10.0. The first-order valence-corrected chi connectivity index (χ1v) is 14.2. The first-order valence-electron chi connectivity index (χ1n) is 12.5. The molecule has 39 heavy (non-hydrogen) atoms. The van der Waals surface area contributed by atoms with Gasteiger partial charge < -0.3 is 9.47 Å². The van der Waals surface area contributed by atoms with Gasteiger partial charge in [-0.05, 0) is 50.8 Å². The van der Waals surface area contributed by atoms with E-state index in [2.05, 4.69) is 25.9 Å². The molecule has 1 aromatic heterocycles. The second-order valence-corrected chi connectivity index (χ2v) is 11.2. The van der Waals surface area contributed by atoms with E-state index in [-0.39, 0.29) is 18.5 Å². The molecule has 0 spiro atoms. The summed E-state index contributed by atoms with van der Waals surface area (Å²) in [6, 6.07) is 17.4. The molecule has 0 unspecified atom stereocenters. The van der Waals surface area contributed by atoms with E-state index >= 15 is 0 Å². The van der Waals surface area contributed by atoms with Crippen LogP contribution in [0.1, 0.15) is 45.1 Å². The van der Waals surface area contributed by atoms with E-state index in [1.165, 1.54) is 0 Å². The Hall–Kier alpha value is -3.44. The molecule has 0 aliphatic heterocycles. The molecular formula is C26H34N5O7P. The third kappa shape index (κ3) is 10.3. The minimum atomic E-state index is -4.02. The lowest BCUT2D eigenvalue weighted by Crippen LogP contribution is -2.28. The zero-order chi connectivity index (χ0) is 28.3. The summed E-state index contributed by atoms with van der Waals surface area (Å²) in [5, 5.41) is 17.3. The average Bonchev–Trinajstić information content (AvgIpc) is 3.44. The molecule has 0 saturated heterocycles. The lowest BCUT2D eigenvalue weighted by Gasteiger charge is -2.22. The predicted molar refractivity (Wildman–Crippen MR) is 142 cm³/mol. The monoisotopic (exact) mass is 559 g/mol. The van der Waals surface area contributed by atoms with Gasteiger partial charge in [0.1, 0.15) is 0 Å². The molecule has 3 aromatic rings. The maximum absolute atomic E-state index is 13.5. The van der Waals surface area contributed by atoms with Crippen molar-refractivity contribution < 1.29 is 32.7 Å². The first kappa shape index (κ1) is 30.1. The Morgan fingerprint density at radius 1 is 0.872 bits per heavy atom. The van der Waals surface area contributed by atoms with Crippen LogP contribution in [0.15, 0.2) is 54.6 Å². The van der Waals surface area contributed by atoms with E-state index < -0.39 is 38.8 Å². The smallest absolute Gasteiger partial charge is 0.345 e. The number of hydrogen-bond acceptors (Lipinski definition) is 11. The fourth-order valence-corrected chi connectivity index (χ4v) is 4.82. The number of carbonyl (C=O) groups excluding carboxylic acids is 2. The standard InChI is InChI=1S/C26H34N5O7P/c1-18(2)37-24(32)15-35-39(34,36-16-25(33)38-19(3)4)17-27-23(26-28-30-31-29-26)14-20-10-12-22(13-11-20)21-8-6-5-7-9-21/h5-13,18-19,23,27H,14-17H2,1-4H3,(H,28,29,30,31)/t23-/m0/s1. The molecule has 12 nitrogen and oxygen atoms in total. The number of aromatic amines is 1. The summed E-state index contributed by atoms with van der Waals surface area (Å²) < 4.78 is 34.3. The molecule has 3 rings (SSSR count). The molecule has 0 bridgehead atoms. The number of benzene rings is 2. The van der Waals surface area contributed by atoms with Crippen LogP contribution in [0.2, 0.25) is 0 Å². The van der Waals surface area contributed by atoms with Crippen molar-refractivity contribution in [2.75, 3.05) is 19.5 Å². The third-order valence-electron chi connectivity index (χ3n) is 5.20. The summed E-state index contributed by atoms with van der Waals surface area (Å²) >= 11 is 0. The summed E-state index contributed by atoms with van der Waals surface area (Å²) in [7, 11) is -4.02. The van der Waals surface area contributed by atoms with Gasteiger partial charge in [0.25, 0.3) is 0 Å². The van der Waals surface area contributed by atoms with Gasteiger partial charge in [-0.1, -0.05) is 59.8 Å². The van der Waals surface area contributed by atoms with Crippen molar-refractivity contribution in [1.29, 1.82) is 0 Å². The summed E-state index contributed by atoms with van der Waals surface area (Å²) in [6.07, 6.45) is -0.690. The summed E-state index contributed by atoms with van der Waals surface area (Å²) in [5.74, 6) is -1.11. The highest BCUT2D eigenvalue weighted by Crippen LogP contribution is 2.47. The number of H-pyrrole nitrogens is 1. The van der Waals surface area contributed by atoms with Gasteiger partial charge in [-0.25, -0.2) is 9.59 Å². The summed E-state index contributed by atoms with van der Waals surface area (Å²) in [5.41, 5.74) is 3.12. The Morgan fingerprint density at radius 3 is 1.95 bits per heavy atom. The normalized spacial score (nSPS) is 12.5. The van der Waals surface area contributed by atoms with Crippen molar-refractivity contribution in [3.8, 4) is 11.1 Å². The zero-order valence-electron chi connectivity index (χ0n) is 22.4. The second kappa shape index (κ2) is 14.6. The predicted octanol–water partition coefficient (Wildman–Crippen LogP) is 3.83. The number of ether oxygens (including phenoxy) is 2. The van der Waals surface area contributed by atoms with Crippen LogP contribution in [-0.2, 0) is 39.1 Å². The highest BCUT2D eigenvalue weighted by Gasteiger charge is 2.30. The number of hydrogen-bond donors (Lipinski definition) is 2. The quantitative estimate of drug-likeness (QED) is 0.206. The SMILES string of the molecule is CC(C)OC(=O)COP(=O)(CN[C@@H](Cc1ccc(-c2ccccc2)cc1)c1nn[nH]n1)OCC(=O)OC(C)C. The van der Waals surface area contributed by atoms with E-state index in [4.69, 9.17) is 18.5 Å². The minimum Gasteiger partial charge on any atom is -0.461 e. The highest BCUT2D eigenvalue weighted by atomic mass is 31.2. The zero-order valence-corrected chi connectivity index (χ0v) is 23.3. The van der Waals surface area contributed by atoms with Gasteiger partial charge in [-0.3, -0.25) is 18.9 Å². The Labute approximate surface area is 227 Å². The Morgan fingerprint density at radius 2 is 1.44 bits per heavy atom. The Kier molecular flexibility index (Phi) is 11.3. The molecule has 0 amide bonds. The number of nitrogens with zero attached hydrogens (tertiary/aromatic N) is 3. The number of aromatic nitrogens is 4. The first-order chi connectivity index (χ1) is 18.6. The maximum Gasteiger partial charge on any atom is 0.345 e. The van der Waals surface area contributed by atoms with E-state index in [1.54, 1.807) is 27.7 Å². The van der Waals surface area contributed by atoms with Crippen LogP contribution in [0, 0.1) is 0 Å². The Balaban J connectivity index is 1.71. The molecule has 2 N–H and O–H groups in total. The number of carbonyl (C=O) groups is 2. The number of esters is 2. The van der Waals surface area contributed by atoms with Crippen LogP contribution in [0.3, 0.4) is 0 Å². The molecule has 0 aliphatic carbocycles. The van der Waals surface area contributed by atoms with E-state index in [0.29, 0.717) is 12.2 Å². The fourth-order valence-electron chi connectivity index (χ4n) is 3.52. The molecule has 210 valence electrons. The van der Waals surface area contributed by atoms with E-state index in [9.17, 15) is 14.2 Å². The van der Waals surface area contributed by atoms with E-state index in [1.807, 2.05) is 54.6 Å². The molecule has 0 saturated carbocycles. The molecule has 0 fully saturated rings. The van der Waals surface area contributed by atoms with Gasteiger partial charge in [0.05, 0.1) is 24.5 Å². The largest absolute Gasteiger partial charge is 0.461 e. The number of tetrazole rings is 1. The van der Waals surface area contributed by atoms with Crippen LogP contribution in [0.4, 0.5) is 0 Å². The van der Waals surface area contributed by atoms with Crippen LogP contribution in [-0.4, -0.2) is 64.3 Å². The van der Waals surface area contributed by atoms with Gasteiger partial charge in [-0.15, -0.1) is 10.2 Å². The van der Waals surface area contributed by atoms with Crippen LogP contribution in [0.5, 0.6) is 0 Å². The molecule has 0 radical (unpaired) electrons. The van der Waals surface area contributed by atoms with Crippen LogP contribution < -0.4 is 5.32 Å². The van der Waals surface area contributed by atoms with Gasteiger partial charge in [0.2, 0.25) is 0 Å². The Bertz CT molecular complexity index is 1190. The van der Waals surface area contributed by atoms with Gasteiger partial charge in [0, 0.05) is 0 Å². The third-order valence-corrected chi connectivity index (χ3v) is 6.81. The van der Waals surface area contributed by atoms with Crippen LogP contribution in [0.25, 0.3) is 11.1 Å². The van der Waals surface area contributed by atoms with Crippen molar-refractivity contribution in [1.82, 2.24) is 25.9 Å². The van der Waals surface area contributed by atoms with Crippen molar-refractivity contribution in [3.63, 3.8) is 0 Å². The molecular weight excluding hydrogens is 525 g/mol. The molecule has 0 aliphatic rings. The van der Waals surface area contributed by atoms with Crippen molar-refractivity contribution >= 4 is 19.5 Å². The number of rotatable bonds is 15. The highest BCUT2D eigenvalue weighted by molar-refractivity contribution is 7.53. The fraction of sp³-hybridized carbons (Fsp3) is 0.423. The molecule has 13 heteroatoms. The molecule has 2 aromatic carbocycles. The minimum absolute atomic E-state index is 0.326.